The fraction of sp³-hybridized carbons (Fsp3) is 0.381. The van der Waals surface area contributed by atoms with Crippen LogP contribution in [0.2, 0.25) is 0 Å². The van der Waals surface area contributed by atoms with Gasteiger partial charge in [-0.25, -0.2) is 9.78 Å². The third kappa shape index (κ3) is 5.30. The van der Waals surface area contributed by atoms with Gasteiger partial charge in [-0.05, 0) is 44.2 Å². The molecule has 1 aliphatic rings. The molecule has 1 aromatic heterocycles. The van der Waals surface area contributed by atoms with E-state index in [1.807, 2.05) is 0 Å². The van der Waals surface area contributed by atoms with Crippen LogP contribution in [0.3, 0.4) is 0 Å². The molecule has 0 saturated carbocycles. The van der Waals surface area contributed by atoms with Gasteiger partial charge >= 0.3 is 18.4 Å². The van der Waals surface area contributed by atoms with E-state index in [9.17, 15) is 31.1 Å². The Morgan fingerprint density at radius 2 is 1.76 bits per heavy atom. The van der Waals surface area contributed by atoms with E-state index < -0.39 is 41.2 Å². The maximum absolute atomic E-state index is 13.3. The monoisotopic (exact) mass is 471 g/mol. The van der Waals surface area contributed by atoms with Crippen LogP contribution in [0.25, 0.3) is 0 Å². The lowest BCUT2D eigenvalue weighted by Crippen LogP contribution is -2.59. The first-order valence-electron chi connectivity index (χ1n) is 9.80. The minimum absolute atomic E-state index is 0.0807. The second-order valence-electron chi connectivity index (χ2n) is 7.70. The van der Waals surface area contributed by atoms with E-state index in [0.717, 1.165) is 30.5 Å². The summed E-state index contributed by atoms with van der Waals surface area (Å²) >= 11 is 0. The van der Waals surface area contributed by atoms with Gasteiger partial charge < -0.3 is 15.1 Å². The molecule has 176 valence electrons. The van der Waals surface area contributed by atoms with E-state index in [4.69, 9.17) is 5.26 Å². The number of amides is 2. The average Bonchev–Trinajstić information content (AvgIpc) is 2.73. The minimum atomic E-state index is -4.69. The number of pyridine rings is 1. The zero-order chi connectivity index (χ0) is 24.6. The number of nitrogens with one attached hydrogen (secondary N) is 1. The van der Waals surface area contributed by atoms with Gasteiger partial charge in [0.2, 0.25) is 0 Å². The van der Waals surface area contributed by atoms with Gasteiger partial charge in [-0.15, -0.1) is 0 Å². The van der Waals surface area contributed by atoms with Crippen molar-refractivity contribution in [3.8, 4) is 6.07 Å². The fourth-order valence-electron chi connectivity index (χ4n) is 3.64. The summed E-state index contributed by atoms with van der Waals surface area (Å²) in [6.45, 7) is 3.81. The Morgan fingerprint density at radius 3 is 2.30 bits per heavy atom. The third-order valence-corrected chi connectivity index (χ3v) is 5.31. The van der Waals surface area contributed by atoms with Gasteiger partial charge in [-0.3, -0.25) is 0 Å². The number of hydrogen-bond donors (Lipinski definition) is 1. The van der Waals surface area contributed by atoms with E-state index in [0.29, 0.717) is 0 Å². The van der Waals surface area contributed by atoms with Crippen molar-refractivity contribution in [3.05, 3.63) is 53.3 Å². The molecular formula is C21H19F6N5O. The van der Waals surface area contributed by atoms with Gasteiger partial charge in [0.05, 0.1) is 29.1 Å². The Kier molecular flexibility index (Phi) is 6.44. The minimum Gasteiger partial charge on any atom is -0.365 e. The number of benzene rings is 1. The van der Waals surface area contributed by atoms with Crippen LogP contribution in [0.4, 0.5) is 42.5 Å². The lowest BCUT2D eigenvalue weighted by atomic mass is 10.0. The molecule has 6 nitrogen and oxygen atoms in total. The van der Waals surface area contributed by atoms with Crippen molar-refractivity contribution >= 4 is 17.4 Å². The smallest absolute Gasteiger partial charge is 0.365 e. The molecule has 2 heterocycles. The average molecular weight is 471 g/mol. The predicted molar refractivity (Wildman–Crippen MR) is 107 cm³/mol. The zero-order valence-electron chi connectivity index (χ0n) is 17.5. The molecule has 2 aromatic rings. The summed E-state index contributed by atoms with van der Waals surface area (Å²) in [7, 11) is 0. The molecule has 1 N–H and O–H groups in total. The molecule has 12 heteroatoms. The summed E-state index contributed by atoms with van der Waals surface area (Å²) in [5, 5.41) is 11.5. The zero-order valence-corrected chi connectivity index (χ0v) is 17.5. The van der Waals surface area contributed by atoms with Gasteiger partial charge in [0.25, 0.3) is 0 Å². The number of nitrogens with zero attached hydrogens (tertiary/aromatic N) is 4. The number of aromatic nitrogens is 1. The van der Waals surface area contributed by atoms with Crippen LogP contribution in [-0.2, 0) is 12.4 Å². The Bertz CT molecular complexity index is 1060. The molecule has 2 amide bonds. The maximum atomic E-state index is 13.3. The summed E-state index contributed by atoms with van der Waals surface area (Å²) in [6.07, 6.45) is -8.38. The molecule has 0 bridgehead atoms. The molecule has 1 aromatic carbocycles. The quantitative estimate of drug-likeness (QED) is 0.617. The first-order chi connectivity index (χ1) is 15.3. The first kappa shape index (κ1) is 24.2. The van der Waals surface area contributed by atoms with Gasteiger partial charge in [0.1, 0.15) is 5.69 Å². The number of rotatable bonds is 2. The summed E-state index contributed by atoms with van der Waals surface area (Å²) in [4.78, 5) is 19.1. The van der Waals surface area contributed by atoms with E-state index in [1.54, 1.807) is 24.8 Å². The number of piperazine rings is 1. The second kappa shape index (κ2) is 8.80. The topological polar surface area (TPSA) is 72.3 Å². The number of urea groups is 1. The molecule has 0 aliphatic carbocycles. The van der Waals surface area contributed by atoms with Crippen LogP contribution >= 0.6 is 0 Å². The molecule has 3 rings (SSSR count). The Labute approximate surface area is 185 Å². The number of hydrogen-bond acceptors (Lipinski definition) is 4. The largest absolute Gasteiger partial charge is 0.433 e. The summed E-state index contributed by atoms with van der Waals surface area (Å²) in [6, 6.07) is 5.50. The van der Waals surface area contributed by atoms with Gasteiger partial charge in [0.15, 0.2) is 0 Å². The van der Waals surface area contributed by atoms with Crippen LogP contribution < -0.4 is 10.2 Å². The highest BCUT2D eigenvalue weighted by Crippen LogP contribution is 2.35. The van der Waals surface area contributed by atoms with Crippen molar-refractivity contribution in [1.29, 1.82) is 5.26 Å². The SMILES string of the molecule is C[C@@H]1CN(c2ccc(C#N)c(C(F)(F)F)c2)[C@@H](C)CN1C(=O)Nc1ccc(C(F)(F)F)nc1. The highest BCUT2D eigenvalue weighted by Gasteiger charge is 2.37. The Morgan fingerprint density at radius 1 is 1.06 bits per heavy atom. The van der Waals surface area contributed by atoms with Crippen molar-refractivity contribution in [3.63, 3.8) is 0 Å². The van der Waals surface area contributed by atoms with Crippen LogP contribution in [0.15, 0.2) is 36.5 Å². The van der Waals surface area contributed by atoms with Gasteiger partial charge in [0, 0.05) is 30.9 Å². The van der Waals surface area contributed by atoms with Crippen molar-refractivity contribution < 1.29 is 31.1 Å². The highest BCUT2D eigenvalue weighted by atomic mass is 19.4. The summed E-state index contributed by atoms with van der Waals surface area (Å²) in [5.41, 5.74) is -2.24. The van der Waals surface area contributed by atoms with Crippen molar-refractivity contribution in [1.82, 2.24) is 9.88 Å². The van der Waals surface area contributed by atoms with Crippen molar-refractivity contribution in [2.45, 2.75) is 38.3 Å². The predicted octanol–water partition coefficient (Wildman–Crippen LogP) is 5.12. The number of anilines is 2. The lowest BCUT2D eigenvalue weighted by molar-refractivity contribution is -0.141. The normalized spacial score (nSPS) is 19.2. The number of nitriles is 1. The molecular weight excluding hydrogens is 452 g/mol. The van der Waals surface area contributed by atoms with E-state index in [2.05, 4.69) is 10.3 Å². The first-order valence-corrected chi connectivity index (χ1v) is 9.80. The molecule has 1 aliphatic heterocycles. The van der Waals surface area contributed by atoms with E-state index in [1.165, 1.54) is 11.0 Å². The number of alkyl halides is 6. The number of halogens is 6. The second-order valence-corrected chi connectivity index (χ2v) is 7.70. The Balaban J connectivity index is 1.74. The van der Waals surface area contributed by atoms with Gasteiger partial charge in [-0.2, -0.15) is 31.6 Å². The molecule has 0 spiro atoms. The standard InChI is InChI=1S/C21H19F6N5O/c1-12-11-32(19(33)30-15-4-6-18(29-9-15)21(25,26)27)13(2)10-31(12)16-5-3-14(8-28)17(7-16)20(22,23)24/h3-7,9,12-13H,10-11H2,1-2H3,(H,30,33)/t12-,13+/m0/s1. The fourth-order valence-corrected chi connectivity index (χ4v) is 3.64. The maximum Gasteiger partial charge on any atom is 0.433 e. The molecule has 0 radical (unpaired) electrons. The van der Waals surface area contributed by atoms with Gasteiger partial charge in [-0.1, -0.05) is 0 Å². The van der Waals surface area contributed by atoms with Crippen LogP contribution in [0.5, 0.6) is 0 Å². The van der Waals surface area contributed by atoms with Crippen LogP contribution in [0, 0.1) is 11.3 Å². The molecule has 2 atom stereocenters. The van der Waals surface area contributed by atoms with E-state index >= 15 is 0 Å². The van der Waals surface area contributed by atoms with E-state index in [-0.39, 0.29) is 30.5 Å². The summed E-state index contributed by atoms with van der Waals surface area (Å²) in [5.74, 6) is 0. The Hall–Kier alpha value is -3.49. The molecule has 1 fully saturated rings. The number of carbonyl (C=O) groups is 1. The molecule has 33 heavy (non-hydrogen) atoms. The van der Waals surface area contributed by atoms with Crippen molar-refractivity contribution in [2.75, 3.05) is 23.3 Å². The van der Waals surface area contributed by atoms with Crippen LogP contribution in [0.1, 0.15) is 30.7 Å². The molecule has 1 saturated heterocycles. The van der Waals surface area contributed by atoms with Crippen molar-refractivity contribution in [2.24, 2.45) is 0 Å². The third-order valence-electron chi connectivity index (χ3n) is 5.31. The number of carbonyl (C=O) groups excluding carboxylic acids is 1. The lowest BCUT2D eigenvalue weighted by Gasteiger charge is -2.45. The van der Waals surface area contributed by atoms with Crippen LogP contribution in [-0.4, -0.2) is 41.1 Å². The highest BCUT2D eigenvalue weighted by molar-refractivity contribution is 5.89. The summed E-state index contributed by atoms with van der Waals surface area (Å²) < 4.78 is 77.9. The molecule has 0 unspecified atom stereocenters.